The van der Waals surface area contributed by atoms with Crippen LogP contribution in [-0.2, 0) is 6.54 Å². The Balaban J connectivity index is 2.25. The summed E-state index contributed by atoms with van der Waals surface area (Å²) in [6.07, 6.45) is 0. The van der Waals surface area contributed by atoms with Gasteiger partial charge in [-0.2, -0.15) is 0 Å². The van der Waals surface area contributed by atoms with Crippen molar-refractivity contribution in [1.29, 1.82) is 0 Å². The molecule has 0 unspecified atom stereocenters. The largest absolute Gasteiger partial charge is 0.308 e. The van der Waals surface area contributed by atoms with Gasteiger partial charge in [0.2, 0.25) is 0 Å². The van der Waals surface area contributed by atoms with Crippen LogP contribution in [0.3, 0.4) is 0 Å². The van der Waals surface area contributed by atoms with E-state index in [2.05, 4.69) is 15.5 Å². The number of nitrogens with one attached hydrogen (secondary N) is 1. The monoisotopic (exact) mass is 303 g/mol. The summed E-state index contributed by atoms with van der Waals surface area (Å²) in [7, 11) is 0. The van der Waals surface area contributed by atoms with Gasteiger partial charge < -0.3 is 5.32 Å². The molecular weight excluding hydrogens is 292 g/mol. The van der Waals surface area contributed by atoms with Crippen molar-refractivity contribution in [2.24, 2.45) is 0 Å². The SMILES string of the molecule is CC(C)NCc1nnc(-c2cc(F)c(Cl)cc2F)s1. The van der Waals surface area contributed by atoms with Crippen molar-refractivity contribution >= 4 is 22.9 Å². The molecule has 0 aliphatic heterocycles. The molecule has 102 valence electrons. The Morgan fingerprint density at radius 3 is 2.68 bits per heavy atom. The van der Waals surface area contributed by atoms with Gasteiger partial charge >= 0.3 is 0 Å². The Labute approximate surface area is 118 Å². The van der Waals surface area contributed by atoms with Gasteiger partial charge in [-0.1, -0.05) is 36.8 Å². The predicted molar refractivity (Wildman–Crippen MR) is 72.2 cm³/mol. The molecule has 0 aliphatic carbocycles. The standard InChI is InChI=1S/C12H12ClF2N3S/c1-6(2)16-5-11-17-18-12(19-11)7-3-10(15)8(13)4-9(7)14/h3-4,6,16H,5H2,1-2H3. The maximum absolute atomic E-state index is 13.7. The first-order valence-electron chi connectivity index (χ1n) is 5.68. The number of hydrogen-bond acceptors (Lipinski definition) is 4. The van der Waals surface area contributed by atoms with Gasteiger partial charge in [0.05, 0.1) is 10.6 Å². The second-order valence-electron chi connectivity index (χ2n) is 4.28. The number of nitrogens with zero attached hydrogens (tertiary/aromatic N) is 2. The van der Waals surface area contributed by atoms with E-state index < -0.39 is 11.6 Å². The second kappa shape index (κ2) is 5.90. The molecule has 0 radical (unpaired) electrons. The van der Waals surface area contributed by atoms with Gasteiger partial charge in [0.1, 0.15) is 16.6 Å². The fourth-order valence-corrected chi connectivity index (χ4v) is 2.37. The quantitative estimate of drug-likeness (QED) is 0.876. The number of aromatic nitrogens is 2. The minimum Gasteiger partial charge on any atom is -0.308 e. The molecule has 0 amide bonds. The lowest BCUT2D eigenvalue weighted by Crippen LogP contribution is -2.21. The van der Waals surface area contributed by atoms with Crippen molar-refractivity contribution in [1.82, 2.24) is 15.5 Å². The first kappa shape index (κ1) is 14.3. The summed E-state index contributed by atoms with van der Waals surface area (Å²) >= 11 is 6.73. The molecule has 1 heterocycles. The zero-order valence-corrected chi connectivity index (χ0v) is 11.9. The van der Waals surface area contributed by atoms with Crippen LogP contribution in [0.25, 0.3) is 10.6 Å². The molecule has 0 saturated heterocycles. The summed E-state index contributed by atoms with van der Waals surface area (Å²) in [5, 5.41) is 11.8. The molecule has 0 saturated carbocycles. The zero-order valence-electron chi connectivity index (χ0n) is 10.4. The summed E-state index contributed by atoms with van der Waals surface area (Å²) < 4.78 is 27.1. The van der Waals surface area contributed by atoms with Crippen molar-refractivity contribution in [3.05, 3.63) is 33.8 Å². The molecule has 19 heavy (non-hydrogen) atoms. The van der Waals surface area contributed by atoms with Gasteiger partial charge in [-0.15, -0.1) is 10.2 Å². The molecule has 7 heteroatoms. The lowest BCUT2D eigenvalue weighted by atomic mass is 10.2. The summed E-state index contributed by atoms with van der Waals surface area (Å²) in [4.78, 5) is 0. The molecular formula is C12H12ClF2N3S. The molecule has 1 N–H and O–H groups in total. The van der Waals surface area contributed by atoms with E-state index >= 15 is 0 Å². The summed E-state index contributed by atoms with van der Waals surface area (Å²) in [6, 6.07) is 2.30. The van der Waals surface area contributed by atoms with Crippen LogP contribution in [0.5, 0.6) is 0 Å². The fraction of sp³-hybridized carbons (Fsp3) is 0.333. The Kier molecular flexibility index (Phi) is 4.44. The van der Waals surface area contributed by atoms with Gasteiger partial charge in [-0.05, 0) is 12.1 Å². The molecule has 0 aliphatic rings. The number of benzene rings is 1. The van der Waals surface area contributed by atoms with Crippen LogP contribution in [0.4, 0.5) is 8.78 Å². The smallest absolute Gasteiger partial charge is 0.150 e. The predicted octanol–water partition coefficient (Wildman–Crippen LogP) is 3.63. The van der Waals surface area contributed by atoms with E-state index in [1.54, 1.807) is 0 Å². The average molecular weight is 304 g/mol. The van der Waals surface area contributed by atoms with Gasteiger partial charge in [0, 0.05) is 12.6 Å². The molecule has 0 atom stereocenters. The minimum absolute atomic E-state index is 0.0789. The van der Waals surface area contributed by atoms with E-state index in [-0.39, 0.29) is 10.6 Å². The van der Waals surface area contributed by atoms with E-state index in [1.807, 2.05) is 13.8 Å². The van der Waals surface area contributed by atoms with E-state index in [0.29, 0.717) is 17.6 Å². The van der Waals surface area contributed by atoms with Gasteiger partial charge in [0.25, 0.3) is 0 Å². The first-order valence-corrected chi connectivity index (χ1v) is 6.87. The molecule has 3 nitrogen and oxygen atoms in total. The van der Waals surface area contributed by atoms with Crippen molar-refractivity contribution in [2.45, 2.75) is 26.4 Å². The molecule has 0 spiro atoms. The molecule has 2 aromatic rings. The van der Waals surface area contributed by atoms with Crippen molar-refractivity contribution < 1.29 is 8.78 Å². The maximum Gasteiger partial charge on any atom is 0.150 e. The average Bonchev–Trinajstić information content (AvgIpc) is 2.80. The number of halogens is 3. The number of hydrogen-bond donors (Lipinski definition) is 1. The van der Waals surface area contributed by atoms with Crippen LogP contribution < -0.4 is 5.32 Å². The lowest BCUT2D eigenvalue weighted by Gasteiger charge is -2.03. The molecule has 1 aromatic carbocycles. The number of rotatable bonds is 4. The third kappa shape index (κ3) is 3.46. The maximum atomic E-state index is 13.7. The van der Waals surface area contributed by atoms with Crippen molar-refractivity contribution in [3.8, 4) is 10.6 Å². The normalized spacial score (nSPS) is 11.3. The van der Waals surface area contributed by atoms with Crippen molar-refractivity contribution in [3.63, 3.8) is 0 Å². The summed E-state index contributed by atoms with van der Waals surface area (Å²) in [5.41, 5.74) is 0.0789. The Morgan fingerprint density at radius 2 is 2.00 bits per heavy atom. The molecule has 1 aromatic heterocycles. The highest BCUT2D eigenvalue weighted by atomic mass is 35.5. The topological polar surface area (TPSA) is 37.8 Å². The Morgan fingerprint density at radius 1 is 1.26 bits per heavy atom. The van der Waals surface area contributed by atoms with E-state index in [1.165, 1.54) is 11.3 Å². The van der Waals surface area contributed by atoms with Crippen LogP contribution in [0, 0.1) is 11.6 Å². The molecule has 0 bridgehead atoms. The highest BCUT2D eigenvalue weighted by Gasteiger charge is 2.14. The highest BCUT2D eigenvalue weighted by Crippen LogP contribution is 2.29. The summed E-state index contributed by atoms with van der Waals surface area (Å²) in [5.74, 6) is -1.28. The lowest BCUT2D eigenvalue weighted by molar-refractivity contribution is 0.584. The molecule has 0 fully saturated rings. The van der Waals surface area contributed by atoms with E-state index in [0.717, 1.165) is 17.1 Å². The molecule has 2 rings (SSSR count). The van der Waals surface area contributed by atoms with Gasteiger partial charge in [-0.3, -0.25) is 0 Å². The fourth-order valence-electron chi connectivity index (χ4n) is 1.41. The van der Waals surface area contributed by atoms with E-state index in [9.17, 15) is 8.78 Å². The van der Waals surface area contributed by atoms with Crippen LogP contribution in [-0.4, -0.2) is 16.2 Å². The van der Waals surface area contributed by atoms with Crippen molar-refractivity contribution in [2.75, 3.05) is 0 Å². The Bertz CT molecular complexity index is 586. The van der Waals surface area contributed by atoms with E-state index in [4.69, 9.17) is 11.6 Å². The summed E-state index contributed by atoms with van der Waals surface area (Å²) in [6.45, 7) is 4.57. The van der Waals surface area contributed by atoms with Gasteiger partial charge in [-0.25, -0.2) is 8.78 Å². The van der Waals surface area contributed by atoms with Crippen LogP contribution in [0.15, 0.2) is 12.1 Å². The van der Waals surface area contributed by atoms with Gasteiger partial charge in [0.15, 0.2) is 5.01 Å². The third-order valence-electron chi connectivity index (χ3n) is 2.37. The third-order valence-corrected chi connectivity index (χ3v) is 3.61. The highest BCUT2D eigenvalue weighted by molar-refractivity contribution is 7.14. The van der Waals surface area contributed by atoms with Crippen LogP contribution in [0.2, 0.25) is 5.02 Å². The second-order valence-corrected chi connectivity index (χ2v) is 5.75. The minimum atomic E-state index is -0.671. The first-order chi connectivity index (χ1) is 8.97. The zero-order chi connectivity index (χ0) is 14.0. The van der Waals surface area contributed by atoms with Crippen LogP contribution >= 0.6 is 22.9 Å². The Hall–Kier alpha value is -1.11. The van der Waals surface area contributed by atoms with Crippen LogP contribution in [0.1, 0.15) is 18.9 Å².